The fraction of sp³-hybridized carbons (Fsp3) is 0. The summed E-state index contributed by atoms with van der Waals surface area (Å²) in [4.78, 5) is 17.7. The Morgan fingerprint density at radius 2 is 1.65 bits per heavy atom. The summed E-state index contributed by atoms with van der Waals surface area (Å²) in [7, 11) is -4.79. The molecule has 17 heavy (non-hydrogen) atoms. The molecule has 0 spiro atoms. The van der Waals surface area contributed by atoms with E-state index in [4.69, 9.17) is 4.55 Å². The molecule has 0 saturated heterocycles. The van der Waals surface area contributed by atoms with Crippen molar-refractivity contribution in [2.24, 2.45) is 0 Å². The molecule has 0 aliphatic carbocycles. The number of non-ortho nitro benzene ring substituents is 1. The maximum atomic E-state index is 10.7. The lowest BCUT2D eigenvalue weighted by atomic mass is 10.3. The van der Waals surface area contributed by atoms with Crippen molar-refractivity contribution in [3.05, 3.63) is 38.4 Å². The molecule has 0 unspecified atom stereocenters. The number of nitrogens with zero attached hydrogens (tertiary/aromatic N) is 2. The summed E-state index contributed by atoms with van der Waals surface area (Å²) in [5.74, 6) is 0. The van der Waals surface area contributed by atoms with E-state index in [0.29, 0.717) is 12.1 Å². The van der Waals surface area contributed by atoms with Gasteiger partial charge < -0.3 is 0 Å². The van der Waals surface area contributed by atoms with Crippen LogP contribution in [0.4, 0.5) is 11.4 Å². The second kappa shape index (κ2) is 5.16. The van der Waals surface area contributed by atoms with Gasteiger partial charge in [-0.2, -0.15) is 8.42 Å². The molecule has 0 atom stereocenters. The van der Waals surface area contributed by atoms with E-state index in [1.54, 1.807) is 0 Å². The van der Waals surface area contributed by atoms with Crippen LogP contribution in [0.15, 0.2) is 23.1 Å². The Labute approximate surface area is 105 Å². The SMILES string of the molecule is Br.O=[N+]([O-])c1ccc(S(=O)(=O)O)c([N+](=O)[O-])c1. The Balaban J connectivity index is 0.00000256. The number of halogens is 1. The first-order valence-electron chi connectivity index (χ1n) is 3.64. The van der Waals surface area contributed by atoms with Gasteiger partial charge in [0.05, 0.1) is 15.9 Å². The van der Waals surface area contributed by atoms with E-state index in [-0.39, 0.29) is 17.0 Å². The van der Waals surface area contributed by atoms with Gasteiger partial charge in [0.1, 0.15) is 0 Å². The van der Waals surface area contributed by atoms with Gasteiger partial charge in [-0.15, -0.1) is 17.0 Å². The lowest BCUT2D eigenvalue weighted by Gasteiger charge is -1.98. The summed E-state index contributed by atoms with van der Waals surface area (Å²) < 4.78 is 30.1. The van der Waals surface area contributed by atoms with E-state index in [2.05, 4.69) is 0 Å². The molecule has 0 radical (unpaired) electrons. The molecule has 0 fully saturated rings. The van der Waals surface area contributed by atoms with Crippen molar-refractivity contribution >= 4 is 38.5 Å². The lowest BCUT2D eigenvalue weighted by Crippen LogP contribution is -2.04. The minimum absolute atomic E-state index is 0. The zero-order valence-corrected chi connectivity index (χ0v) is 10.4. The van der Waals surface area contributed by atoms with E-state index in [1.165, 1.54) is 0 Å². The van der Waals surface area contributed by atoms with Crippen molar-refractivity contribution in [2.75, 3.05) is 0 Å². The minimum atomic E-state index is -4.79. The molecule has 1 rings (SSSR count). The fourth-order valence-electron chi connectivity index (χ4n) is 0.980. The van der Waals surface area contributed by atoms with Gasteiger partial charge in [-0.25, -0.2) is 0 Å². The highest BCUT2D eigenvalue weighted by molar-refractivity contribution is 8.93. The number of hydrogen-bond acceptors (Lipinski definition) is 6. The molecular weight excluding hydrogens is 324 g/mol. The first-order valence-corrected chi connectivity index (χ1v) is 5.08. The van der Waals surface area contributed by atoms with Gasteiger partial charge in [0.2, 0.25) is 0 Å². The lowest BCUT2D eigenvalue weighted by molar-refractivity contribution is -0.396. The molecule has 11 heteroatoms. The molecule has 0 heterocycles. The molecule has 1 aromatic carbocycles. The summed E-state index contributed by atoms with van der Waals surface area (Å²) in [5.41, 5.74) is -1.68. The Morgan fingerprint density at radius 3 is 2.00 bits per heavy atom. The largest absolute Gasteiger partial charge is 0.301 e. The van der Waals surface area contributed by atoms with Crippen LogP contribution in [0.5, 0.6) is 0 Å². The molecule has 0 saturated carbocycles. The highest BCUT2D eigenvalue weighted by Gasteiger charge is 2.26. The van der Waals surface area contributed by atoms with E-state index in [9.17, 15) is 28.6 Å². The molecule has 94 valence electrons. The smallest absolute Gasteiger partial charge is 0.282 e. The molecule has 0 aliphatic rings. The fourth-order valence-corrected chi connectivity index (χ4v) is 1.62. The molecule has 9 nitrogen and oxygen atoms in total. The maximum absolute atomic E-state index is 10.7. The first kappa shape index (κ1) is 15.4. The number of nitro groups is 2. The highest BCUT2D eigenvalue weighted by Crippen LogP contribution is 2.27. The topological polar surface area (TPSA) is 141 Å². The third kappa shape index (κ3) is 3.44. The second-order valence-corrected chi connectivity index (χ2v) is 4.03. The maximum Gasteiger partial charge on any atom is 0.301 e. The Morgan fingerprint density at radius 1 is 1.12 bits per heavy atom. The van der Waals surface area contributed by atoms with Crippen LogP contribution in [0.25, 0.3) is 0 Å². The van der Waals surface area contributed by atoms with Gasteiger partial charge in [-0.1, -0.05) is 0 Å². The van der Waals surface area contributed by atoms with Crippen molar-refractivity contribution in [3.8, 4) is 0 Å². The minimum Gasteiger partial charge on any atom is -0.282 e. The van der Waals surface area contributed by atoms with Crippen molar-refractivity contribution < 1.29 is 22.8 Å². The number of rotatable bonds is 3. The van der Waals surface area contributed by atoms with Crippen LogP contribution in [-0.2, 0) is 10.1 Å². The van der Waals surface area contributed by atoms with Gasteiger partial charge in [-0.3, -0.25) is 24.8 Å². The van der Waals surface area contributed by atoms with Gasteiger partial charge in [0.15, 0.2) is 4.90 Å². The van der Waals surface area contributed by atoms with Gasteiger partial charge in [0.25, 0.3) is 11.4 Å². The molecular formula is C6H5BrN2O7S. The van der Waals surface area contributed by atoms with Gasteiger partial charge in [-0.05, 0) is 6.07 Å². The Hall–Kier alpha value is -1.59. The zero-order chi connectivity index (χ0) is 12.5. The van der Waals surface area contributed by atoms with Crippen LogP contribution in [-0.4, -0.2) is 22.8 Å². The van der Waals surface area contributed by atoms with E-state index < -0.39 is 36.2 Å². The Kier molecular flexibility index (Phi) is 4.68. The zero-order valence-electron chi connectivity index (χ0n) is 7.84. The Bertz CT molecular complexity index is 570. The standard InChI is InChI=1S/C6H4N2O7S.BrH/c9-7(10)4-1-2-6(16(13,14)15)5(3-4)8(11)12;/h1-3H,(H,13,14,15);1H. The monoisotopic (exact) mass is 328 g/mol. The van der Waals surface area contributed by atoms with Crippen molar-refractivity contribution in [3.63, 3.8) is 0 Å². The van der Waals surface area contributed by atoms with Crippen LogP contribution < -0.4 is 0 Å². The number of hydrogen-bond donors (Lipinski definition) is 1. The quantitative estimate of drug-likeness (QED) is 0.501. The van der Waals surface area contributed by atoms with Crippen LogP contribution in [0.2, 0.25) is 0 Å². The predicted octanol–water partition coefficient (Wildman–Crippen LogP) is 1.33. The highest BCUT2D eigenvalue weighted by atomic mass is 79.9. The van der Waals surface area contributed by atoms with Crippen molar-refractivity contribution in [1.29, 1.82) is 0 Å². The number of benzene rings is 1. The third-order valence-corrected chi connectivity index (χ3v) is 2.53. The predicted molar refractivity (Wildman–Crippen MR) is 59.9 cm³/mol. The van der Waals surface area contributed by atoms with Crippen molar-refractivity contribution in [1.82, 2.24) is 0 Å². The molecule has 1 N–H and O–H groups in total. The summed E-state index contributed by atoms with van der Waals surface area (Å²) in [6, 6.07) is 1.81. The summed E-state index contributed by atoms with van der Waals surface area (Å²) in [6.45, 7) is 0. The number of nitro benzene ring substituents is 2. The third-order valence-electron chi connectivity index (χ3n) is 1.63. The molecule has 0 bridgehead atoms. The van der Waals surface area contributed by atoms with Crippen molar-refractivity contribution in [2.45, 2.75) is 4.90 Å². The summed E-state index contributed by atoms with van der Waals surface area (Å²) >= 11 is 0. The van der Waals surface area contributed by atoms with Gasteiger partial charge in [0, 0.05) is 6.07 Å². The molecule has 0 aromatic heterocycles. The van der Waals surface area contributed by atoms with Crippen LogP contribution in [0.1, 0.15) is 0 Å². The molecule has 0 amide bonds. The van der Waals surface area contributed by atoms with E-state index in [1.807, 2.05) is 0 Å². The summed E-state index contributed by atoms with van der Waals surface area (Å²) in [6.07, 6.45) is 0. The van der Waals surface area contributed by atoms with Gasteiger partial charge >= 0.3 is 10.1 Å². The molecule has 0 aliphatic heterocycles. The normalized spacial score (nSPS) is 10.4. The van der Waals surface area contributed by atoms with E-state index in [0.717, 1.165) is 6.07 Å². The first-order chi connectivity index (χ1) is 7.23. The van der Waals surface area contributed by atoms with Crippen LogP contribution >= 0.6 is 17.0 Å². The average molecular weight is 329 g/mol. The van der Waals surface area contributed by atoms with Crippen LogP contribution in [0, 0.1) is 20.2 Å². The second-order valence-electron chi connectivity index (χ2n) is 2.64. The average Bonchev–Trinajstić information content (AvgIpc) is 2.15. The van der Waals surface area contributed by atoms with Crippen LogP contribution in [0.3, 0.4) is 0 Å². The van der Waals surface area contributed by atoms with E-state index >= 15 is 0 Å². The molecule has 1 aromatic rings. The summed E-state index contributed by atoms with van der Waals surface area (Å²) in [5, 5.41) is 20.8.